The Morgan fingerprint density at radius 1 is 1.58 bits per heavy atom. The van der Waals surface area contributed by atoms with Gasteiger partial charge in [0.05, 0.1) is 0 Å². The normalized spacial score (nSPS) is 8.33. The van der Waals surface area contributed by atoms with Crippen LogP contribution in [-0.4, -0.2) is 36.6 Å². The van der Waals surface area contributed by atoms with Gasteiger partial charge in [-0.2, -0.15) is 0 Å². The molecule has 0 rings (SSSR count). The first-order chi connectivity index (χ1) is 5.41. The fraction of sp³-hybridized carbons (Fsp3) is 0.444. The first kappa shape index (κ1) is 13.5. The van der Waals surface area contributed by atoms with Gasteiger partial charge in [-0.25, -0.2) is 4.79 Å². The third kappa shape index (κ3) is 16.0. The maximum atomic E-state index is 9.60. The number of likely N-dealkylation sites (N-methyl/N-ethyl adjacent to an activating group) is 1. The van der Waals surface area contributed by atoms with Crippen molar-refractivity contribution in [2.24, 2.45) is 0 Å². The SMILES string of the molecule is C=C(C)C(=O)O.C=CCN(C)C. The number of carboxylic acids is 1. The third-order valence-corrected chi connectivity index (χ3v) is 0.859. The van der Waals surface area contributed by atoms with E-state index >= 15 is 0 Å². The van der Waals surface area contributed by atoms with E-state index in [9.17, 15) is 4.79 Å². The van der Waals surface area contributed by atoms with Gasteiger partial charge in [0, 0.05) is 12.1 Å². The predicted octanol–water partition coefficient (Wildman–Crippen LogP) is 1.38. The molecule has 0 heterocycles. The molecule has 0 bridgehead atoms. The summed E-state index contributed by atoms with van der Waals surface area (Å²) < 4.78 is 0. The second-order valence-corrected chi connectivity index (χ2v) is 2.64. The van der Waals surface area contributed by atoms with Gasteiger partial charge in [-0.15, -0.1) is 6.58 Å². The Kier molecular flexibility index (Phi) is 9.01. The van der Waals surface area contributed by atoms with Crippen LogP contribution in [0.3, 0.4) is 0 Å². The molecule has 0 aliphatic carbocycles. The summed E-state index contributed by atoms with van der Waals surface area (Å²) in [7, 11) is 4.03. The van der Waals surface area contributed by atoms with Crippen LogP contribution in [0.1, 0.15) is 6.92 Å². The van der Waals surface area contributed by atoms with Crippen molar-refractivity contribution in [1.29, 1.82) is 0 Å². The molecule has 3 heteroatoms. The van der Waals surface area contributed by atoms with E-state index in [-0.39, 0.29) is 5.57 Å². The van der Waals surface area contributed by atoms with Gasteiger partial charge in [0.1, 0.15) is 0 Å². The van der Waals surface area contributed by atoms with Gasteiger partial charge < -0.3 is 10.0 Å². The quantitative estimate of drug-likeness (QED) is 0.515. The number of hydrogen-bond acceptors (Lipinski definition) is 2. The molecule has 0 unspecified atom stereocenters. The molecule has 0 spiro atoms. The molecule has 1 N–H and O–H groups in total. The van der Waals surface area contributed by atoms with Crippen molar-refractivity contribution in [2.75, 3.05) is 20.6 Å². The maximum Gasteiger partial charge on any atom is 0.330 e. The van der Waals surface area contributed by atoms with Crippen LogP contribution in [0.25, 0.3) is 0 Å². The lowest BCUT2D eigenvalue weighted by Crippen LogP contribution is -2.09. The second kappa shape index (κ2) is 8.01. The second-order valence-electron chi connectivity index (χ2n) is 2.64. The summed E-state index contributed by atoms with van der Waals surface area (Å²) in [6.07, 6.45) is 1.88. The Morgan fingerprint density at radius 3 is 1.92 bits per heavy atom. The van der Waals surface area contributed by atoms with Gasteiger partial charge in [-0.1, -0.05) is 12.7 Å². The molecule has 0 aromatic carbocycles. The highest BCUT2D eigenvalue weighted by Crippen LogP contribution is 1.81. The van der Waals surface area contributed by atoms with E-state index in [4.69, 9.17) is 5.11 Å². The van der Waals surface area contributed by atoms with Crippen LogP contribution in [0.15, 0.2) is 24.8 Å². The van der Waals surface area contributed by atoms with E-state index in [2.05, 4.69) is 18.1 Å². The number of aliphatic carboxylic acids is 1. The van der Waals surface area contributed by atoms with E-state index in [1.54, 1.807) is 0 Å². The minimum Gasteiger partial charge on any atom is -0.478 e. The summed E-state index contributed by atoms with van der Waals surface area (Å²) >= 11 is 0. The van der Waals surface area contributed by atoms with Crippen molar-refractivity contribution < 1.29 is 9.90 Å². The van der Waals surface area contributed by atoms with Crippen LogP contribution in [-0.2, 0) is 4.79 Å². The molecule has 0 aliphatic rings. The van der Waals surface area contributed by atoms with E-state index in [1.165, 1.54) is 6.92 Å². The van der Waals surface area contributed by atoms with Crippen molar-refractivity contribution in [3.05, 3.63) is 24.8 Å². The lowest BCUT2D eigenvalue weighted by molar-refractivity contribution is -0.132. The van der Waals surface area contributed by atoms with Gasteiger partial charge in [0.25, 0.3) is 0 Å². The lowest BCUT2D eigenvalue weighted by atomic mass is 10.4. The molecule has 0 atom stereocenters. The number of carboxylic acid groups (broad SMARTS) is 1. The first-order valence-corrected chi connectivity index (χ1v) is 3.56. The minimum atomic E-state index is -0.935. The highest BCUT2D eigenvalue weighted by molar-refractivity contribution is 5.84. The zero-order valence-electron chi connectivity index (χ0n) is 8.00. The van der Waals surface area contributed by atoms with Crippen LogP contribution in [0.2, 0.25) is 0 Å². The van der Waals surface area contributed by atoms with Crippen molar-refractivity contribution in [3.8, 4) is 0 Å². The summed E-state index contributed by atoms with van der Waals surface area (Å²) in [5.41, 5.74) is 0.176. The van der Waals surface area contributed by atoms with E-state index in [1.807, 2.05) is 20.2 Å². The van der Waals surface area contributed by atoms with E-state index < -0.39 is 5.97 Å². The highest BCUT2D eigenvalue weighted by atomic mass is 16.4. The Labute approximate surface area is 74.0 Å². The average molecular weight is 171 g/mol. The fourth-order valence-electron chi connectivity index (χ4n) is 0.258. The standard InChI is InChI=1S/C5H11N.C4H6O2/c1-4-5-6(2)3;1-3(2)4(5)6/h4H,1,5H2,2-3H3;1H2,2H3,(H,5,6). The number of rotatable bonds is 3. The third-order valence-electron chi connectivity index (χ3n) is 0.859. The average Bonchev–Trinajstić information content (AvgIpc) is 1.87. The molecule has 0 saturated heterocycles. The van der Waals surface area contributed by atoms with Crippen LogP contribution < -0.4 is 0 Å². The van der Waals surface area contributed by atoms with Gasteiger partial charge in [0.15, 0.2) is 0 Å². The van der Waals surface area contributed by atoms with Gasteiger partial charge in [0.2, 0.25) is 0 Å². The fourth-order valence-corrected chi connectivity index (χ4v) is 0.258. The molecule has 0 amide bonds. The monoisotopic (exact) mass is 171 g/mol. The van der Waals surface area contributed by atoms with Crippen molar-refractivity contribution in [3.63, 3.8) is 0 Å². The molecule has 0 aliphatic heterocycles. The van der Waals surface area contributed by atoms with Crippen LogP contribution in [0, 0.1) is 0 Å². The van der Waals surface area contributed by atoms with E-state index in [0.29, 0.717) is 0 Å². The summed E-state index contributed by atoms with van der Waals surface area (Å²) in [6.45, 7) is 9.13. The molecule has 0 fully saturated rings. The van der Waals surface area contributed by atoms with E-state index in [0.717, 1.165) is 6.54 Å². The molecule has 0 aromatic heterocycles. The van der Waals surface area contributed by atoms with Crippen LogP contribution >= 0.6 is 0 Å². The summed E-state index contributed by atoms with van der Waals surface area (Å²) in [5, 5.41) is 7.89. The predicted molar refractivity (Wildman–Crippen MR) is 51.2 cm³/mol. The zero-order chi connectivity index (χ0) is 10.1. The highest BCUT2D eigenvalue weighted by Gasteiger charge is 1.90. The molecule has 70 valence electrons. The Hall–Kier alpha value is -1.09. The number of nitrogens with zero attached hydrogens (tertiary/aromatic N) is 1. The number of hydrogen-bond donors (Lipinski definition) is 1. The van der Waals surface area contributed by atoms with Crippen molar-refractivity contribution in [1.82, 2.24) is 4.90 Å². The first-order valence-electron chi connectivity index (χ1n) is 3.56. The molecule has 12 heavy (non-hydrogen) atoms. The largest absolute Gasteiger partial charge is 0.478 e. The lowest BCUT2D eigenvalue weighted by Gasteiger charge is -2.01. The van der Waals surface area contributed by atoms with Crippen LogP contribution in [0.5, 0.6) is 0 Å². The van der Waals surface area contributed by atoms with Gasteiger partial charge in [-0.05, 0) is 21.0 Å². The topological polar surface area (TPSA) is 40.5 Å². The Morgan fingerprint density at radius 2 is 1.92 bits per heavy atom. The van der Waals surface area contributed by atoms with Crippen molar-refractivity contribution in [2.45, 2.75) is 6.92 Å². The Balaban J connectivity index is 0. The molecule has 3 nitrogen and oxygen atoms in total. The van der Waals surface area contributed by atoms with Crippen molar-refractivity contribution >= 4 is 5.97 Å². The van der Waals surface area contributed by atoms with Crippen LogP contribution in [0.4, 0.5) is 0 Å². The smallest absolute Gasteiger partial charge is 0.330 e. The molecular weight excluding hydrogens is 154 g/mol. The number of carbonyl (C=O) groups is 1. The summed E-state index contributed by atoms with van der Waals surface area (Å²) in [4.78, 5) is 11.7. The molecule has 0 radical (unpaired) electrons. The summed E-state index contributed by atoms with van der Waals surface area (Å²) in [6, 6.07) is 0. The molecule has 0 aromatic rings. The molecule has 0 saturated carbocycles. The Bertz CT molecular complexity index is 150. The zero-order valence-corrected chi connectivity index (χ0v) is 8.00. The van der Waals surface area contributed by atoms with Gasteiger partial charge in [-0.3, -0.25) is 0 Å². The summed E-state index contributed by atoms with van der Waals surface area (Å²) in [5.74, 6) is -0.935. The molecular formula is C9H17NO2. The maximum absolute atomic E-state index is 9.60. The minimum absolute atomic E-state index is 0.176. The van der Waals surface area contributed by atoms with Gasteiger partial charge >= 0.3 is 5.97 Å².